The minimum atomic E-state index is -2.35. The summed E-state index contributed by atoms with van der Waals surface area (Å²) in [6.45, 7) is 0.702. The molecule has 1 atom stereocenters. The normalized spacial score (nSPS) is 18.2. The molecule has 0 radical (unpaired) electrons. The van der Waals surface area contributed by atoms with Crippen molar-refractivity contribution >= 4 is 5.91 Å². The van der Waals surface area contributed by atoms with E-state index in [1.807, 2.05) is 30.3 Å². The van der Waals surface area contributed by atoms with E-state index in [9.17, 15) is 13.6 Å². The van der Waals surface area contributed by atoms with E-state index in [-0.39, 0.29) is 25.0 Å². The van der Waals surface area contributed by atoms with Gasteiger partial charge in [0.25, 0.3) is 6.43 Å². The average Bonchev–Trinajstić information content (AvgIpc) is 3.17. The molecule has 1 saturated heterocycles. The Hall–Kier alpha value is -2.42. The average molecular weight is 336 g/mol. The van der Waals surface area contributed by atoms with Gasteiger partial charge in [0.1, 0.15) is 6.54 Å². The maximum absolute atomic E-state index is 12.4. The number of nitrogens with one attached hydrogen (secondary N) is 1. The number of hydrogen-bond acceptors (Lipinski definition) is 5. The van der Waals surface area contributed by atoms with Crippen LogP contribution in [0.2, 0.25) is 0 Å². The zero-order valence-electron chi connectivity index (χ0n) is 13.0. The number of halogens is 2. The highest BCUT2D eigenvalue weighted by Gasteiger charge is 2.25. The monoisotopic (exact) mass is 336 g/mol. The number of tetrazole rings is 1. The van der Waals surface area contributed by atoms with Crippen molar-refractivity contribution < 1.29 is 13.6 Å². The van der Waals surface area contributed by atoms with Crippen molar-refractivity contribution in [2.45, 2.75) is 25.4 Å². The van der Waals surface area contributed by atoms with Crippen LogP contribution in [0.5, 0.6) is 0 Å². The van der Waals surface area contributed by atoms with Crippen molar-refractivity contribution in [3.05, 3.63) is 30.3 Å². The van der Waals surface area contributed by atoms with Crippen LogP contribution in [-0.4, -0.2) is 63.1 Å². The Kier molecular flexibility index (Phi) is 5.09. The van der Waals surface area contributed by atoms with Gasteiger partial charge in [-0.15, -0.1) is 10.2 Å². The van der Waals surface area contributed by atoms with Crippen LogP contribution in [0, 0.1) is 0 Å². The summed E-state index contributed by atoms with van der Waals surface area (Å²) in [6.07, 6.45) is -1.69. The Bertz CT molecular complexity index is 678. The van der Waals surface area contributed by atoms with Gasteiger partial charge in [0, 0.05) is 24.7 Å². The fraction of sp³-hybridized carbons (Fsp3) is 0.467. The van der Waals surface area contributed by atoms with Crippen LogP contribution in [0.1, 0.15) is 6.42 Å². The molecule has 1 aliphatic heterocycles. The maximum Gasteiger partial charge on any atom is 0.251 e. The highest BCUT2D eigenvalue weighted by molar-refractivity contribution is 5.75. The molecule has 128 valence electrons. The van der Waals surface area contributed by atoms with E-state index < -0.39 is 6.43 Å². The molecule has 1 amide bonds. The first kappa shape index (κ1) is 16.4. The van der Waals surface area contributed by atoms with E-state index in [2.05, 4.69) is 20.7 Å². The Morgan fingerprint density at radius 3 is 2.88 bits per heavy atom. The first-order valence-corrected chi connectivity index (χ1v) is 7.73. The number of alkyl halides is 2. The van der Waals surface area contributed by atoms with Gasteiger partial charge in [0.05, 0.1) is 6.54 Å². The smallest absolute Gasteiger partial charge is 0.251 e. The van der Waals surface area contributed by atoms with Gasteiger partial charge in [0.2, 0.25) is 11.7 Å². The summed E-state index contributed by atoms with van der Waals surface area (Å²) >= 11 is 0. The Morgan fingerprint density at radius 2 is 2.12 bits per heavy atom. The second-order valence-electron chi connectivity index (χ2n) is 5.71. The van der Waals surface area contributed by atoms with E-state index in [0.29, 0.717) is 25.3 Å². The molecule has 1 unspecified atom stereocenters. The van der Waals surface area contributed by atoms with Crippen molar-refractivity contribution in [3.8, 4) is 11.4 Å². The standard InChI is InChI=1S/C15H18F2N6O/c16-13(17)9-22-7-6-12(8-22)18-14(24)10-23-20-15(19-21-23)11-4-2-1-3-5-11/h1-5,12-13H,6-10H2,(H,18,24). The highest BCUT2D eigenvalue weighted by Crippen LogP contribution is 2.12. The zero-order chi connectivity index (χ0) is 16.9. The minimum Gasteiger partial charge on any atom is -0.350 e. The number of likely N-dealkylation sites (tertiary alicyclic amines) is 1. The van der Waals surface area contributed by atoms with Crippen LogP contribution in [-0.2, 0) is 11.3 Å². The molecule has 1 fully saturated rings. The van der Waals surface area contributed by atoms with Crippen molar-refractivity contribution in [3.63, 3.8) is 0 Å². The molecular weight excluding hydrogens is 318 g/mol. The van der Waals surface area contributed by atoms with Crippen LogP contribution in [0.25, 0.3) is 11.4 Å². The third-order valence-electron chi connectivity index (χ3n) is 3.80. The second kappa shape index (κ2) is 7.43. The van der Waals surface area contributed by atoms with Crippen LogP contribution >= 0.6 is 0 Å². The molecule has 0 aliphatic carbocycles. The SMILES string of the molecule is O=C(Cn1nnc(-c2ccccc2)n1)NC1CCN(CC(F)F)C1. The third kappa shape index (κ3) is 4.31. The number of aromatic nitrogens is 4. The van der Waals surface area contributed by atoms with Gasteiger partial charge in [0.15, 0.2) is 0 Å². The third-order valence-corrected chi connectivity index (χ3v) is 3.80. The Morgan fingerprint density at radius 1 is 1.33 bits per heavy atom. The Balaban J connectivity index is 1.50. The molecule has 3 rings (SSSR count). The molecule has 0 bridgehead atoms. The lowest BCUT2D eigenvalue weighted by Gasteiger charge is -2.15. The largest absolute Gasteiger partial charge is 0.350 e. The maximum atomic E-state index is 12.4. The van der Waals surface area contributed by atoms with Gasteiger partial charge in [-0.3, -0.25) is 9.69 Å². The predicted octanol–water partition coefficient (Wildman–Crippen LogP) is 0.796. The lowest BCUT2D eigenvalue weighted by atomic mass is 10.2. The van der Waals surface area contributed by atoms with Crippen molar-refractivity contribution in [2.75, 3.05) is 19.6 Å². The van der Waals surface area contributed by atoms with Crippen molar-refractivity contribution in [1.82, 2.24) is 30.4 Å². The van der Waals surface area contributed by atoms with Crippen molar-refractivity contribution in [1.29, 1.82) is 0 Å². The summed E-state index contributed by atoms with van der Waals surface area (Å²) in [5.74, 6) is 0.197. The number of benzene rings is 1. The first-order chi connectivity index (χ1) is 11.6. The number of carbonyl (C=O) groups excluding carboxylic acids is 1. The molecule has 9 heteroatoms. The molecule has 1 N–H and O–H groups in total. The van der Waals surface area contributed by atoms with Gasteiger partial charge in [-0.2, -0.15) is 4.80 Å². The van der Waals surface area contributed by atoms with Gasteiger partial charge in [-0.1, -0.05) is 30.3 Å². The van der Waals surface area contributed by atoms with E-state index in [1.54, 1.807) is 4.90 Å². The molecular formula is C15H18F2N6O. The molecule has 24 heavy (non-hydrogen) atoms. The van der Waals surface area contributed by atoms with Gasteiger partial charge in [-0.05, 0) is 11.6 Å². The number of hydrogen-bond donors (Lipinski definition) is 1. The summed E-state index contributed by atoms with van der Waals surface area (Å²) in [7, 11) is 0. The van der Waals surface area contributed by atoms with E-state index in [4.69, 9.17) is 0 Å². The zero-order valence-corrected chi connectivity index (χ0v) is 13.0. The summed E-state index contributed by atoms with van der Waals surface area (Å²) in [5.41, 5.74) is 0.822. The molecule has 2 heterocycles. The van der Waals surface area contributed by atoms with Gasteiger partial charge < -0.3 is 5.32 Å². The molecule has 0 spiro atoms. The minimum absolute atomic E-state index is 0.0504. The predicted molar refractivity (Wildman–Crippen MR) is 82.2 cm³/mol. The van der Waals surface area contributed by atoms with Crippen LogP contribution in [0.3, 0.4) is 0 Å². The van der Waals surface area contributed by atoms with Crippen LogP contribution in [0.4, 0.5) is 8.78 Å². The number of amides is 1. The molecule has 1 aromatic heterocycles. The first-order valence-electron chi connectivity index (χ1n) is 7.73. The molecule has 2 aromatic rings. The van der Waals surface area contributed by atoms with Crippen molar-refractivity contribution in [2.24, 2.45) is 0 Å². The lowest BCUT2D eigenvalue weighted by molar-refractivity contribution is -0.122. The van der Waals surface area contributed by atoms with E-state index >= 15 is 0 Å². The molecule has 1 aromatic carbocycles. The number of nitrogens with zero attached hydrogens (tertiary/aromatic N) is 5. The quantitative estimate of drug-likeness (QED) is 0.844. The molecule has 1 aliphatic rings. The number of rotatable bonds is 6. The fourth-order valence-electron chi connectivity index (χ4n) is 2.73. The lowest BCUT2D eigenvalue weighted by Crippen LogP contribution is -2.39. The summed E-state index contributed by atoms with van der Waals surface area (Å²) in [6, 6.07) is 9.23. The van der Waals surface area contributed by atoms with Gasteiger partial charge in [-0.25, -0.2) is 8.78 Å². The summed E-state index contributed by atoms with van der Waals surface area (Å²) in [4.78, 5) is 14.9. The highest BCUT2D eigenvalue weighted by atomic mass is 19.3. The van der Waals surface area contributed by atoms with E-state index in [0.717, 1.165) is 5.56 Å². The van der Waals surface area contributed by atoms with Crippen LogP contribution in [0.15, 0.2) is 30.3 Å². The molecule has 0 saturated carbocycles. The second-order valence-corrected chi connectivity index (χ2v) is 5.71. The van der Waals surface area contributed by atoms with E-state index in [1.165, 1.54) is 4.80 Å². The topological polar surface area (TPSA) is 75.9 Å². The van der Waals surface area contributed by atoms with Gasteiger partial charge >= 0.3 is 0 Å². The summed E-state index contributed by atoms with van der Waals surface area (Å²) < 4.78 is 24.7. The fourth-order valence-corrected chi connectivity index (χ4v) is 2.73. The van der Waals surface area contributed by atoms with Crippen LogP contribution < -0.4 is 5.32 Å². The Labute approximate surface area is 137 Å². The summed E-state index contributed by atoms with van der Waals surface area (Å²) in [5, 5.41) is 14.8. The molecule has 7 nitrogen and oxygen atoms in total. The number of carbonyl (C=O) groups is 1.